The normalized spacial score (nSPS) is 23.9. The minimum Gasteiger partial charge on any atom is -0.383 e. The summed E-state index contributed by atoms with van der Waals surface area (Å²) in [5.74, 6) is 0.868. The van der Waals surface area contributed by atoms with Crippen LogP contribution in [0.3, 0.4) is 0 Å². The van der Waals surface area contributed by atoms with Crippen LogP contribution >= 0.6 is 0 Å². The molecule has 5 nitrogen and oxygen atoms in total. The number of likely N-dealkylation sites (N-methyl/N-ethyl adjacent to an activating group) is 1. The van der Waals surface area contributed by atoms with Crippen LogP contribution in [-0.4, -0.2) is 80.1 Å². The maximum atomic E-state index is 12.7. The van der Waals surface area contributed by atoms with E-state index in [0.29, 0.717) is 25.1 Å². The molecule has 0 N–H and O–H groups in total. The summed E-state index contributed by atoms with van der Waals surface area (Å²) in [7, 11) is 3.69. The van der Waals surface area contributed by atoms with Gasteiger partial charge in [-0.25, -0.2) is 0 Å². The number of nitrogens with zero attached hydrogens (tertiary/aromatic N) is 3. The first-order valence-electron chi connectivity index (χ1n) is 9.39. The second-order valence-electron chi connectivity index (χ2n) is 7.54. The van der Waals surface area contributed by atoms with Gasteiger partial charge in [0.1, 0.15) is 0 Å². The molecule has 4 rings (SSSR count). The predicted octanol–water partition coefficient (Wildman–Crippen LogP) is 1.69. The molecule has 1 amide bonds. The molecule has 3 aliphatic heterocycles. The molecule has 1 aromatic rings. The summed E-state index contributed by atoms with van der Waals surface area (Å²) >= 11 is 0. The van der Waals surface area contributed by atoms with Gasteiger partial charge >= 0.3 is 0 Å². The van der Waals surface area contributed by atoms with E-state index in [0.717, 1.165) is 32.7 Å². The summed E-state index contributed by atoms with van der Waals surface area (Å²) in [5, 5.41) is 0. The van der Waals surface area contributed by atoms with E-state index in [1.54, 1.807) is 7.11 Å². The molecule has 0 aromatic heterocycles. The van der Waals surface area contributed by atoms with Gasteiger partial charge < -0.3 is 9.64 Å². The molecule has 2 atom stereocenters. The second-order valence-corrected chi connectivity index (χ2v) is 7.54. The van der Waals surface area contributed by atoms with Crippen LogP contribution in [0.25, 0.3) is 0 Å². The monoisotopic (exact) mass is 345 g/mol. The van der Waals surface area contributed by atoms with Gasteiger partial charge in [0.05, 0.1) is 13.2 Å². The first-order chi connectivity index (χ1) is 12.2. The van der Waals surface area contributed by atoms with Crippen LogP contribution in [0.4, 0.5) is 0 Å². The van der Waals surface area contributed by atoms with Crippen LogP contribution in [0.1, 0.15) is 18.4 Å². The van der Waals surface area contributed by atoms with Gasteiger partial charge in [0.15, 0.2) is 0 Å². The average molecular weight is 345 g/mol. The van der Waals surface area contributed by atoms with Gasteiger partial charge in [-0.3, -0.25) is 14.6 Å². The van der Waals surface area contributed by atoms with Crippen molar-refractivity contribution in [2.75, 3.05) is 53.5 Å². The maximum Gasteiger partial charge on any atom is 0.236 e. The number of rotatable bonds is 7. The van der Waals surface area contributed by atoms with Crippen LogP contribution in [0, 0.1) is 5.92 Å². The summed E-state index contributed by atoms with van der Waals surface area (Å²) < 4.78 is 5.10. The Balaban J connectivity index is 1.58. The van der Waals surface area contributed by atoms with E-state index in [2.05, 4.69) is 45.0 Å². The van der Waals surface area contributed by atoms with Gasteiger partial charge in [-0.1, -0.05) is 30.3 Å². The SMILES string of the molecule is COCCN(C)CC(=O)N1C[C@@H]2CC[C@H](C1)N(Cc1ccccc1)C2. The first-order valence-corrected chi connectivity index (χ1v) is 9.39. The molecule has 1 aromatic carbocycles. The van der Waals surface area contributed by atoms with Crippen LogP contribution in [0.15, 0.2) is 30.3 Å². The fourth-order valence-corrected chi connectivity index (χ4v) is 4.05. The molecule has 2 bridgehead atoms. The molecule has 3 saturated heterocycles. The van der Waals surface area contributed by atoms with Crippen molar-refractivity contribution in [2.45, 2.75) is 25.4 Å². The van der Waals surface area contributed by atoms with E-state index in [1.165, 1.54) is 18.4 Å². The number of carbonyl (C=O) groups excluding carboxylic acids is 1. The summed E-state index contributed by atoms with van der Waals surface area (Å²) in [6.07, 6.45) is 2.46. The molecule has 0 radical (unpaired) electrons. The Morgan fingerprint density at radius 2 is 2.00 bits per heavy atom. The van der Waals surface area contributed by atoms with Gasteiger partial charge in [-0.05, 0) is 31.4 Å². The largest absolute Gasteiger partial charge is 0.383 e. The number of amides is 1. The molecular formula is C20H31N3O2. The third-order valence-electron chi connectivity index (χ3n) is 5.49. The van der Waals surface area contributed by atoms with Gasteiger partial charge in [0.2, 0.25) is 5.91 Å². The lowest BCUT2D eigenvalue weighted by Crippen LogP contribution is -2.45. The van der Waals surface area contributed by atoms with Crippen LogP contribution < -0.4 is 0 Å². The van der Waals surface area contributed by atoms with E-state index in [-0.39, 0.29) is 5.91 Å². The molecule has 3 heterocycles. The summed E-state index contributed by atoms with van der Waals surface area (Å²) in [6.45, 7) is 5.85. The smallest absolute Gasteiger partial charge is 0.236 e. The first kappa shape index (κ1) is 18.4. The molecule has 3 fully saturated rings. The zero-order chi connectivity index (χ0) is 17.6. The van der Waals surface area contributed by atoms with Crippen molar-refractivity contribution in [2.24, 2.45) is 5.92 Å². The highest BCUT2D eigenvalue weighted by molar-refractivity contribution is 5.78. The van der Waals surface area contributed by atoms with Crippen molar-refractivity contribution in [1.29, 1.82) is 0 Å². The molecule has 5 heteroatoms. The van der Waals surface area contributed by atoms with Gasteiger partial charge in [-0.15, -0.1) is 0 Å². The van der Waals surface area contributed by atoms with E-state index >= 15 is 0 Å². The molecule has 0 spiro atoms. The standard InChI is InChI=1S/C20H31N3O2/c1-21(10-11-25-2)16-20(24)23-14-18-8-9-19(15-23)22(13-18)12-17-6-4-3-5-7-17/h3-7,18-19H,8-16H2,1-2H3/t18-,19-/m1/s1. The van der Waals surface area contributed by atoms with Crippen molar-refractivity contribution in [3.05, 3.63) is 35.9 Å². The lowest BCUT2D eigenvalue weighted by atomic mass is 9.94. The third-order valence-corrected chi connectivity index (χ3v) is 5.49. The number of fused-ring (bicyclic) bond motifs is 4. The lowest BCUT2D eigenvalue weighted by molar-refractivity contribution is -0.132. The number of methoxy groups -OCH3 is 1. The molecule has 138 valence electrons. The van der Waals surface area contributed by atoms with Crippen LogP contribution in [-0.2, 0) is 16.1 Å². The number of ether oxygens (including phenoxy) is 1. The van der Waals surface area contributed by atoms with E-state index in [4.69, 9.17) is 4.74 Å². The molecule has 0 aliphatic carbocycles. The third kappa shape index (κ3) is 5.03. The van der Waals surface area contributed by atoms with Gasteiger partial charge in [-0.2, -0.15) is 0 Å². The number of piperidine rings is 1. The summed E-state index contributed by atoms with van der Waals surface area (Å²) in [6, 6.07) is 11.2. The fraction of sp³-hybridized carbons (Fsp3) is 0.650. The molecule has 25 heavy (non-hydrogen) atoms. The fourth-order valence-electron chi connectivity index (χ4n) is 4.05. The second kappa shape index (κ2) is 8.79. The Kier molecular flexibility index (Phi) is 6.45. The van der Waals surface area contributed by atoms with Crippen LogP contribution in [0.5, 0.6) is 0 Å². The summed E-state index contributed by atoms with van der Waals surface area (Å²) in [5.41, 5.74) is 1.37. The Hall–Kier alpha value is -1.43. The van der Waals surface area contributed by atoms with Crippen molar-refractivity contribution in [3.8, 4) is 0 Å². The Labute approximate surface area is 151 Å². The van der Waals surface area contributed by atoms with Gasteiger partial charge in [0.25, 0.3) is 0 Å². The van der Waals surface area contributed by atoms with Crippen molar-refractivity contribution in [1.82, 2.24) is 14.7 Å². The van der Waals surface area contributed by atoms with Gasteiger partial charge in [0, 0.05) is 45.9 Å². The minimum atomic E-state index is 0.261. The molecule has 0 saturated carbocycles. The topological polar surface area (TPSA) is 36.0 Å². The Morgan fingerprint density at radius 1 is 1.20 bits per heavy atom. The quantitative estimate of drug-likeness (QED) is 0.753. The zero-order valence-corrected chi connectivity index (χ0v) is 15.6. The molecule has 3 aliphatic rings. The Morgan fingerprint density at radius 3 is 2.76 bits per heavy atom. The van der Waals surface area contributed by atoms with E-state index in [9.17, 15) is 4.79 Å². The van der Waals surface area contributed by atoms with E-state index in [1.807, 2.05) is 7.05 Å². The van der Waals surface area contributed by atoms with Crippen molar-refractivity contribution < 1.29 is 9.53 Å². The minimum absolute atomic E-state index is 0.261. The van der Waals surface area contributed by atoms with E-state index < -0.39 is 0 Å². The number of benzene rings is 1. The Bertz CT molecular complexity index is 551. The predicted molar refractivity (Wildman–Crippen MR) is 99.3 cm³/mol. The van der Waals surface area contributed by atoms with Crippen molar-refractivity contribution >= 4 is 5.91 Å². The lowest BCUT2D eigenvalue weighted by Gasteiger charge is -2.36. The zero-order valence-electron chi connectivity index (χ0n) is 15.6. The number of hydrogen-bond acceptors (Lipinski definition) is 4. The average Bonchev–Trinajstić information content (AvgIpc) is 2.93. The van der Waals surface area contributed by atoms with Crippen molar-refractivity contribution in [3.63, 3.8) is 0 Å². The summed E-state index contributed by atoms with van der Waals surface area (Å²) in [4.78, 5) is 19.5. The number of carbonyl (C=O) groups is 1. The number of hydrogen-bond donors (Lipinski definition) is 0. The highest BCUT2D eigenvalue weighted by Crippen LogP contribution is 2.29. The molecular weight excluding hydrogens is 314 g/mol. The highest BCUT2D eigenvalue weighted by atomic mass is 16.5. The molecule has 0 unspecified atom stereocenters. The highest BCUT2D eigenvalue weighted by Gasteiger charge is 2.36. The maximum absolute atomic E-state index is 12.7. The van der Waals surface area contributed by atoms with Crippen LogP contribution in [0.2, 0.25) is 0 Å².